The summed E-state index contributed by atoms with van der Waals surface area (Å²) < 4.78 is 12.1. The van der Waals surface area contributed by atoms with E-state index in [1.165, 1.54) is 4.90 Å². The summed E-state index contributed by atoms with van der Waals surface area (Å²) in [6.07, 6.45) is 4.80. The molecular weight excluding hydrogens is 562 g/mol. The fourth-order valence-corrected chi connectivity index (χ4v) is 7.09. The first kappa shape index (κ1) is 33.4. The maximum absolute atomic E-state index is 14.4. The third-order valence-electron chi connectivity index (χ3n) is 9.22. The molecular formula is C34H47N3O7. The van der Waals surface area contributed by atoms with Crippen molar-refractivity contribution in [3.05, 3.63) is 61.2 Å². The number of rotatable bonds is 14. The number of hydrogen-bond acceptors (Lipinski definition) is 7. The molecule has 3 aliphatic rings. The number of fused-ring (bicyclic) bond motifs is 1. The fraction of sp³-hybridized carbons (Fsp3) is 0.588. The monoisotopic (exact) mass is 609 g/mol. The standard InChI is InChI=1S/C34H47N3O7/c1-7-10-16-26(39)43-21-24(22-14-12-11-13-15-22)35-30(40)27-25-17-18-34(44-25)28(27)31(41)37(23(9-3)20-38)29(34)32(42)36(19-8-2)33(4,5)6/h7-8,11-15,23-25,27-29,38H,1-2,9-10,16-21H2,3-6H3,(H,35,40)/t23-,24+,25+,27-,28-,29+,34-/m0/s1. The molecule has 44 heavy (non-hydrogen) atoms. The second kappa shape index (κ2) is 13.6. The minimum atomic E-state index is -1.20. The van der Waals surface area contributed by atoms with Gasteiger partial charge >= 0.3 is 5.97 Å². The van der Waals surface area contributed by atoms with E-state index >= 15 is 0 Å². The van der Waals surface area contributed by atoms with E-state index in [2.05, 4.69) is 18.5 Å². The Hall–Kier alpha value is -3.50. The van der Waals surface area contributed by atoms with Crippen LogP contribution in [0.2, 0.25) is 0 Å². The lowest BCUT2D eigenvalue weighted by Crippen LogP contribution is -2.61. The van der Waals surface area contributed by atoms with Gasteiger partial charge in [-0.2, -0.15) is 0 Å². The molecule has 3 fully saturated rings. The van der Waals surface area contributed by atoms with Crippen LogP contribution in [0.4, 0.5) is 0 Å². The number of esters is 1. The highest BCUT2D eigenvalue weighted by atomic mass is 16.5. The second-order valence-electron chi connectivity index (χ2n) is 12.9. The van der Waals surface area contributed by atoms with E-state index in [1.807, 2.05) is 58.0 Å². The van der Waals surface area contributed by atoms with Gasteiger partial charge in [-0.1, -0.05) is 49.4 Å². The predicted octanol–water partition coefficient (Wildman–Crippen LogP) is 3.31. The second-order valence-corrected chi connectivity index (χ2v) is 12.9. The van der Waals surface area contributed by atoms with Crippen molar-refractivity contribution in [3.63, 3.8) is 0 Å². The number of benzene rings is 1. The van der Waals surface area contributed by atoms with Gasteiger partial charge in [0.25, 0.3) is 0 Å². The van der Waals surface area contributed by atoms with Crippen molar-refractivity contribution in [1.29, 1.82) is 0 Å². The molecule has 3 saturated heterocycles. The van der Waals surface area contributed by atoms with Gasteiger partial charge in [-0.25, -0.2) is 0 Å². The number of hydrogen-bond donors (Lipinski definition) is 2. The molecule has 4 rings (SSSR count). The zero-order chi connectivity index (χ0) is 32.2. The van der Waals surface area contributed by atoms with Gasteiger partial charge in [-0.15, -0.1) is 13.2 Å². The van der Waals surface area contributed by atoms with Crippen molar-refractivity contribution < 1.29 is 33.8 Å². The summed E-state index contributed by atoms with van der Waals surface area (Å²) >= 11 is 0. The highest BCUT2D eigenvalue weighted by molar-refractivity contribution is 5.99. The molecule has 3 amide bonds. The average Bonchev–Trinajstić information content (AvgIpc) is 3.64. The number of carbonyl (C=O) groups is 4. The number of carbonyl (C=O) groups excluding carboxylic acids is 4. The van der Waals surface area contributed by atoms with Crippen molar-refractivity contribution in [2.45, 2.75) is 95.2 Å². The Morgan fingerprint density at radius 1 is 1.23 bits per heavy atom. The molecule has 10 nitrogen and oxygen atoms in total. The Morgan fingerprint density at radius 2 is 1.93 bits per heavy atom. The number of allylic oxidation sites excluding steroid dienone is 1. The third kappa shape index (κ3) is 6.19. The molecule has 0 radical (unpaired) electrons. The van der Waals surface area contributed by atoms with Gasteiger partial charge in [0, 0.05) is 18.5 Å². The Labute approximate surface area is 260 Å². The molecule has 7 atom stereocenters. The first-order valence-electron chi connectivity index (χ1n) is 15.6. The number of ether oxygens (including phenoxy) is 2. The van der Waals surface area contributed by atoms with Crippen molar-refractivity contribution in [2.75, 3.05) is 19.8 Å². The van der Waals surface area contributed by atoms with Crippen LogP contribution in [-0.2, 0) is 28.7 Å². The van der Waals surface area contributed by atoms with Crippen molar-refractivity contribution in [3.8, 4) is 0 Å². The summed E-state index contributed by atoms with van der Waals surface area (Å²) in [5.41, 5.74) is -1.03. The van der Waals surface area contributed by atoms with Gasteiger partial charge in [-0.05, 0) is 52.0 Å². The molecule has 0 unspecified atom stereocenters. The van der Waals surface area contributed by atoms with Crippen LogP contribution in [0, 0.1) is 11.8 Å². The highest BCUT2D eigenvalue weighted by Crippen LogP contribution is 2.59. The highest BCUT2D eigenvalue weighted by Gasteiger charge is 2.75. The minimum Gasteiger partial charge on any atom is -0.463 e. The quantitative estimate of drug-likeness (QED) is 0.245. The van der Waals surface area contributed by atoms with Crippen LogP contribution < -0.4 is 5.32 Å². The maximum atomic E-state index is 14.4. The normalized spacial score (nSPS) is 26.9. The van der Waals surface area contributed by atoms with Crippen molar-refractivity contribution in [1.82, 2.24) is 15.1 Å². The SMILES string of the molecule is C=CCCC(=O)OC[C@@H](NC(=O)[C@@H]1[C@H]2C(=O)N([C@@H](CC)CO)[C@H](C(=O)N(CC=C)C(C)(C)C)[C@]23CC[C@H]1O3)c1ccccc1. The fourth-order valence-electron chi connectivity index (χ4n) is 7.09. The molecule has 10 heteroatoms. The molecule has 1 aromatic carbocycles. The van der Waals surface area contributed by atoms with Crippen LogP contribution in [0.5, 0.6) is 0 Å². The Morgan fingerprint density at radius 3 is 2.52 bits per heavy atom. The van der Waals surface area contributed by atoms with Gasteiger partial charge in [0.1, 0.15) is 18.2 Å². The lowest BCUT2D eigenvalue weighted by molar-refractivity contribution is -0.154. The van der Waals surface area contributed by atoms with Crippen LogP contribution in [0.1, 0.15) is 71.4 Å². The third-order valence-corrected chi connectivity index (χ3v) is 9.22. The van der Waals surface area contributed by atoms with E-state index in [1.54, 1.807) is 17.1 Å². The van der Waals surface area contributed by atoms with Gasteiger partial charge in [0.2, 0.25) is 17.7 Å². The lowest BCUT2D eigenvalue weighted by Gasteiger charge is -2.43. The van der Waals surface area contributed by atoms with Gasteiger partial charge in [0.05, 0.1) is 36.6 Å². The van der Waals surface area contributed by atoms with Crippen molar-refractivity contribution >= 4 is 23.7 Å². The number of likely N-dealkylation sites (tertiary alicyclic amines) is 1. The molecule has 0 aliphatic carbocycles. The van der Waals surface area contributed by atoms with Crippen LogP contribution in [0.25, 0.3) is 0 Å². The van der Waals surface area contributed by atoms with E-state index in [9.17, 15) is 24.3 Å². The summed E-state index contributed by atoms with van der Waals surface area (Å²) in [5.74, 6) is -3.18. The Bertz CT molecular complexity index is 1240. The van der Waals surface area contributed by atoms with E-state index in [0.717, 1.165) is 5.56 Å². The Kier molecular flexibility index (Phi) is 10.4. The van der Waals surface area contributed by atoms with Gasteiger partial charge in [-0.3, -0.25) is 19.2 Å². The van der Waals surface area contributed by atoms with Crippen molar-refractivity contribution in [2.24, 2.45) is 11.8 Å². The number of amides is 3. The summed E-state index contributed by atoms with van der Waals surface area (Å²) in [6, 6.07) is 6.95. The molecule has 3 heterocycles. The maximum Gasteiger partial charge on any atom is 0.306 e. The lowest BCUT2D eigenvalue weighted by atomic mass is 9.70. The van der Waals surface area contributed by atoms with Crippen LogP contribution >= 0.6 is 0 Å². The first-order valence-corrected chi connectivity index (χ1v) is 15.6. The number of nitrogens with one attached hydrogen (secondary N) is 1. The molecule has 0 saturated carbocycles. The van der Waals surface area contributed by atoms with Crippen LogP contribution in [0.3, 0.4) is 0 Å². The molecule has 0 aromatic heterocycles. The number of aliphatic hydroxyl groups excluding tert-OH is 1. The molecule has 1 spiro atoms. The van der Waals surface area contributed by atoms with E-state index in [0.29, 0.717) is 25.7 Å². The van der Waals surface area contributed by atoms with E-state index in [-0.39, 0.29) is 38.0 Å². The van der Waals surface area contributed by atoms with E-state index < -0.39 is 59.1 Å². The molecule has 3 aliphatic heterocycles. The largest absolute Gasteiger partial charge is 0.463 e. The molecule has 240 valence electrons. The number of aliphatic hydroxyl groups is 1. The topological polar surface area (TPSA) is 125 Å². The zero-order valence-electron chi connectivity index (χ0n) is 26.4. The number of nitrogens with zero attached hydrogens (tertiary/aromatic N) is 2. The van der Waals surface area contributed by atoms with Gasteiger partial charge < -0.3 is 29.7 Å². The van der Waals surface area contributed by atoms with Gasteiger partial charge in [0.15, 0.2) is 0 Å². The molecule has 2 bridgehead atoms. The van der Waals surface area contributed by atoms with Crippen LogP contribution in [-0.4, -0.2) is 87.7 Å². The smallest absolute Gasteiger partial charge is 0.306 e. The minimum absolute atomic E-state index is 0.0779. The summed E-state index contributed by atoms with van der Waals surface area (Å²) in [6.45, 7) is 15.0. The zero-order valence-corrected chi connectivity index (χ0v) is 26.4. The predicted molar refractivity (Wildman–Crippen MR) is 165 cm³/mol. The molecule has 1 aromatic rings. The first-order chi connectivity index (χ1) is 20.9. The summed E-state index contributed by atoms with van der Waals surface area (Å²) in [4.78, 5) is 58.4. The summed E-state index contributed by atoms with van der Waals surface area (Å²) in [5, 5.41) is 13.4. The van der Waals surface area contributed by atoms with Crippen LogP contribution in [0.15, 0.2) is 55.6 Å². The molecule has 2 N–H and O–H groups in total. The average molecular weight is 610 g/mol. The van der Waals surface area contributed by atoms with E-state index in [4.69, 9.17) is 9.47 Å². The summed E-state index contributed by atoms with van der Waals surface area (Å²) in [7, 11) is 0. The Balaban J connectivity index is 1.67.